The molecule has 0 bridgehead atoms. The molecule has 3 rings (SSSR count). The third-order valence-corrected chi connectivity index (χ3v) is 4.65. The zero-order valence-electron chi connectivity index (χ0n) is 11.8. The van der Waals surface area contributed by atoms with Gasteiger partial charge in [0, 0.05) is 20.9 Å². The van der Waals surface area contributed by atoms with E-state index in [9.17, 15) is 4.79 Å². The average molecular weight is 425 g/mol. The lowest BCUT2D eigenvalue weighted by Crippen LogP contribution is -2.33. The molecule has 0 saturated heterocycles. The van der Waals surface area contributed by atoms with Crippen LogP contribution in [0.3, 0.4) is 0 Å². The third-order valence-electron chi connectivity index (χ3n) is 3.62. The van der Waals surface area contributed by atoms with Gasteiger partial charge in [-0.25, -0.2) is 0 Å². The van der Waals surface area contributed by atoms with Gasteiger partial charge < -0.3 is 10.1 Å². The summed E-state index contributed by atoms with van der Waals surface area (Å²) >= 11 is 6.87. The van der Waals surface area contributed by atoms with E-state index in [0.29, 0.717) is 13.0 Å². The predicted octanol–water partition coefficient (Wildman–Crippen LogP) is 4.39. The number of benzene rings is 2. The quantitative estimate of drug-likeness (QED) is 0.793. The van der Waals surface area contributed by atoms with Crippen LogP contribution < -0.4 is 10.1 Å². The summed E-state index contributed by atoms with van der Waals surface area (Å²) in [5.41, 5.74) is 2.03. The second-order valence-corrected chi connectivity index (χ2v) is 7.07. The number of rotatable bonds is 3. The van der Waals surface area contributed by atoms with Crippen molar-refractivity contribution in [3.63, 3.8) is 0 Å². The molecular weight excluding hydrogens is 410 g/mol. The summed E-state index contributed by atoms with van der Waals surface area (Å²) in [6.07, 6.45) is 1.17. The molecule has 1 heterocycles. The van der Waals surface area contributed by atoms with Crippen LogP contribution in [0.4, 0.5) is 0 Å². The van der Waals surface area contributed by atoms with Gasteiger partial charge >= 0.3 is 0 Å². The number of amides is 1. The fourth-order valence-corrected chi connectivity index (χ4v) is 3.19. The van der Waals surface area contributed by atoms with Gasteiger partial charge in [-0.2, -0.15) is 0 Å². The first-order chi connectivity index (χ1) is 10.6. The molecule has 2 aromatic carbocycles. The van der Waals surface area contributed by atoms with Crippen molar-refractivity contribution in [2.24, 2.45) is 0 Å². The minimum Gasteiger partial charge on any atom is -0.493 e. The Kier molecular flexibility index (Phi) is 4.84. The van der Waals surface area contributed by atoms with Gasteiger partial charge in [0.05, 0.1) is 19.1 Å². The van der Waals surface area contributed by atoms with Crippen molar-refractivity contribution < 1.29 is 9.53 Å². The van der Waals surface area contributed by atoms with Crippen LogP contribution in [-0.4, -0.2) is 12.5 Å². The smallest absolute Gasteiger partial charge is 0.224 e. The Hall–Kier alpha value is -1.33. The highest BCUT2D eigenvalue weighted by Gasteiger charge is 2.23. The molecule has 0 aliphatic carbocycles. The monoisotopic (exact) mass is 423 g/mol. The van der Waals surface area contributed by atoms with Crippen molar-refractivity contribution in [2.75, 3.05) is 6.61 Å². The second kappa shape index (κ2) is 6.84. The minimum atomic E-state index is 0.00389. The van der Waals surface area contributed by atoms with Crippen molar-refractivity contribution >= 4 is 37.8 Å². The van der Waals surface area contributed by atoms with Crippen molar-refractivity contribution in [2.45, 2.75) is 18.9 Å². The van der Waals surface area contributed by atoms with E-state index in [-0.39, 0.29) is 11.9 Å². The normalized spacial score (nSPS) is 16.5. The maximum Gasteiger partial charge on any atom is 0.224 e. The second-order valence-electron chi connectivity index (χ2n) is 5.24. The number of hydrogen-bond donors (Lipinski definition) is 1. The number of nitrogens with one attached hydrogen (secondary N) is 1. The molecule has 0 aromatic heterocycles. The third kappa shape index (κ3) is 3.70. The van der Waals surface area contributed by atoms with Crippen LogP contribution in [0.5, 0.6) is 5.75 Å². The highest BCUT2D eigenvalue weighted by atomic mass is 79.9. The Labute approximate surface area is 146 Å². The Bertz CT molecular complexity index is 686. The SMILES string of the molecule is O=C(Cc1ccc(Br)cc1)NC1CCOc2ccc(Br)cc21. The lowest BCUT2D eigenvalue weighted by atomic mass is 10.00. The zero-order chi connectivity index (χ0) is 15.5. The Balaban J connectivity index is 1.70. The van der Waals surface area contributed by atoms with Crippen molar-refractivity contribution in [3.8, 4) is 5.75 Å². The first-order valence-corrected chi connectivity index (χ1v) is 8.66. The van der Waals surface area contributed by atoms with Gasteiger partial charge in [0.1, 0.15) is 5.75 Å². The van der Waals surface area contributed by atoms with Crippen molar-refractivity contribution in [3.05, 3.63) is 62.5 Å². The van der Waals surface area contributed by atoms with Gasteiger partial charge in [-0.05, 0) is 35.9 Å². The van der Waals surface area contributed by atoms with Gasteiger partial charge in [-0.15, -0.1) is 0 Å². The molecule has 5 heteroatoms. The molecule has 1 atom stereocenters. The maximum absolute atomic E-state index is 12.3. The first kappa shape index (κ1) is 15.6. The molecule has 0 fully saturated rings. The maximum atomic E-state index is 12.3. The summed E-state index contributed by atoms with van der Waals surface area (Å²) in [5.74, 6) is 0.878. The lowest BCUT2D eigenvalue weighted by Gasteiger charge is -2.27. The fraction of sp³-hybridized carbons (Fsp3) is 0.235. The van der Waals surface area contributed by atoms with Gasteiger partial charge in [-0.1, -0.05) is 44.0 Å². The van der Waals surface area contributed by atoms with E-state index >= 15 is 0 Å². The van der Waals surface area contributed by atoms with Crippen LogP contribution in [-0.2, 0) is 11.2 Å². The molecule has 2 aromatic rings. The number of ether oxygens (including phenoxy) is 1. The molecule has 0 spiro atoms. The van der Waals surface area contributed by atoms with E-state index in [4.69, 9.17) is 4.74 Å². The number of halogens is 2. The minimum absolute atomic E-state index is 0.00389. The van der Waals surface area contributed by atoms with E-state index in [0.717, 1.165) is 32.2 Å². The van der Waals surface area contributed by atoms with Crippen LogP contribution in [0.1, 0.15) is 23.6 Å². The largest absolute Gasteiger partial charge is 0.493 e. The zero-order valence-corrected chi connectivity index (χ0v) is 15.0. The summed E-state index contributed by atoms with van der Waals surface area (Å²) in [6, 6.07) is 13.7. The van der Waals surface area contributed by atoms with Gasteiger partial charge in [0.2, 0.25) is 5.91 Å². The van der Waals surface area contributed by atoms with Gasteiger partial charge in [0.15, 0.2) is 0 Å². The van der Waals surface area contributed by atoms with Crippen molar-refractivity contribution in [1.29, 1.82) is 0 Å². The first-order valence-electron chi connectivity index (χ1n) is 7.08. The lowest BCUT2D eigenvalue weighted by molar-refractivity contribution is -0.121. The van der Waals surface area contributed by atoms with Crippen LogP contribution in [0, 0.1) is 0 Å². The highest BCUT2D eigenvalue weighted by Crippen LogP contribution is 2.34. The van der Waals surface area contributed by atoms with Crippen LogP contribution >= 0.6 is 31.9 Å². The molecule has 0 saturated carbocycles. The standard InChI is InChI=1S/C17H15Br2NO2/c18-12-3-1-11(2-4-12)9-17(21)20-15-7-8-22-16-6-5-13(19)10-14(15)16/h1-6,10,15H,7-9H2,(H,20,21). The molecular formula is C17H15Br2NO2. The van der Waals surface area contributed by atoms with Crippen molar-refractivity contribution in [1.82, 2.24) is 5.32 Å². The molecule has 3 nitrogen and oxygen atoms in total. The summed E-state index contributed by atoms with van der Waals surface area (Å²) in [7, 11) is 0. The number of carbonyl (C=O) groups excluding carboxylic acids is 1. The summed E-state index contributed by atoms with van der Waals surface area (Å²) in [5, 5.41) is 3.11. The van der Waals surface area contributed by atoms with Gasteiger partial charge in [0.25, 0.3) is 0 Å². The summed E-state index contributed by atoms with van der Waals surface area (Å²) in [6.45, 7) is 0.623. The van der Waals surface area contributed by atoms with E-state index < -0.39 is 0 Å². The molecule has 114 valence electrons. The Morgan fingerprint density at radius 1 is 1.14 bits per heavy atom. The predicted molar refractivity (Wildman–Crippen MR) is 93.0 cm³/mol. The van der Waals surface area contributed by atoms with E-state index in [1.165, 1.54) is 0 Å². The van der Waals surface area contributed by atoms with Crippen LogP contribution in [0.15, 0.2) is 51.4 Å². The number of fused-ring (bicyclic) bond motifs is 1. The van der Waals surface area contributed by atoms with E-state index in [1.807, 2.05) is 42.5 Å². The Morgan fingerprint density at radius 3 is 2.64 bits per heavy atom. The van der Waals surface area contributed by atoms with Gasteiger partial charge in [-0.3, -0.25) is 4.79 Å². The van der Waals surface area contributed by atoms with E-state index in [2.05, 4.69) is 37.2 Å². The molecule has 0 radical (unpaired) electrons. The topological polar surface area (TPSA) is 38.3 Å². The van der Waals surface area contributed by atoms with Crippen LogP contribution in [0.2, 0.25) is 0 Å². The molecule has 22 heavy (non-hydrogen) atoms. The Morgan fingerprint density at radius 2 is 1.86 bits per heavy atom. The fourth-order valence-electron chi connectivity index (χ4n) is 2.55. The average Bonchev–Trinajstić information content (AvgIpc) is 2.50. The van der Waals surface area contributed by atoms with Crippen LogP contribution in [0.25, 0.3) is 0 Å². The number of hydrogen-bond acceptors (Lipinski definition) is 2. The molecule has 1 unspecified atom stereocenters. The molecule has 1 N–H and O–H groups in total. The van der Waals surface area contributed by atoms with E-state index in [1.54, 1.807) is 0 Å². The molecule has 1 amide bonds. The summed E-state index contributed by atoms with van der Waals surface area (Å²) < 4.78 is 7.65. The summed E-state index contributed by atoms with van der Waals surface area (Å²) in [4.78, 5) is 12.3. The molecule has 1 aliphatic heterocycles. The number of carbonyl (C=O) groups is 1. The highest BCUT2D eigenvalue weighted by molar-refractivity contribution is 9.10. The molecule has 1 aliphatic rings.